The quantitative estimate of drug-likeness (QED) is 0.765. The van der Waals surface area contributed by atoms with Gasteiger partial charge >= 0.3 is 0 Å². The predicted molar refractivity (Wildman–Crippen MR) is 114 cm³/mol. The van der Waals surface area contributed by atoms with Crippen LogP contribution in [0.25, 0.3) is 0 Å². The molecular weight excluding hydrogens is 380 g/mol. The van der Waals surface area contributed by atoms with E-state index in [4.69, 9.17) is 0 Å². The molecule has 1 aromatic heterocycles. The Labute approximate surface area is 176 Å². The molecule has 2 aromatic rings. The molecule has 30 heavy (non-hydrogen) atoms. The van der Waals surface area contributed by atoms with Gasteiger partial charge < -0.3 is 4.90 Å². The molecule has 156 valence electrons. The van der Waals surface area contributed by atoms with Gasteiger partial charge in [-0.05, 0) is 51.0 Å². The SMILES string of the molecule is Cc1cccc(N(C)C(=O)CCCN2C(=O)c3ccccc3N3C(=O)CCC23C)n1. The number of nitrogens with zero attached hydrogens (tertiary/aromatic N) is 4. The first-order valence-electron chi connectivity index (χ1n) is 10.3. The summed E-state index contributed by atoms with van der Waals surface area (Å²) in [5, 5.41) is 0. The summed E-state index contributed by atoms with van der Waals surface area (Å²) in [6.07, 6.45) is 1.81. The zero-order chi connectivity index (χ0) is 21.5. The molecule has 7 heteroatoms. The molecular formula is C23H26N4O3. The van der Waals surface area contributed by atoms with Crippen molar-refractivity contribution in [3.05, 3.63) is 53.7 Å². The minimum atomic E-state index is -0.685. The van der Waals surface area contributed by atoms with Crippen molar-refractivity contribution in [2.24, 2.45) is 0 Å². The number of rotatable bonds is 5. The van der Waals surface area contributed by atoms with E-state index >= 15 is 0 Å². The van der Waals surface area contributed by atoms with Crippen LogP contribution < -0.4 is 9.80 Å². The number of benzene rings is 1. The molecule has 0 spiro atoms. The highest BCUT2D eigenvalue weighted by atomic mass is 16.2. The fraction of sp³-hybridized carbons (Fsp3) is 0.391. The summed E-state index contributed by atoms with van der Waals surface area (Å²) >= 11 is 0. The second-order valence-electron chi connectivity index (χ2n) is 8.11. The molecule has 1 atom stereocenters. The first kappa shape index (κ1) is 20.1. The first-order chi connectivity index (χ1) is 14.3. The van der Waals surface area contributed by atoms with Gasteiger partial charge in [0.2, 0.25) is 11.8 Å². The van der Waals surface area contributed by atoms with Crippen molar-refractivity contribution >= 4 is 29.2 Å². The van der Waals surface area contributed by atoms with Crippen LogP contribution in [0.1, 0.15) is 48.7 Å². The summed E-state index contributed by atoms with van der Waals surface area (Å²) in [4.78, 5) is 47.9. The third kappa shape index (κ3) is 3.24. The van der Waals surface area contributed by atoms with Crippen LogP contribution in [-0.4, -0.2) is 46.9 Å². The summed E-state index contributed by atoms with van der Waals surface area (Å²) in [6, 6.07) is 12.8. The van der Waals surface area contributed by atoms with E-state index in [0.29, 0.717) is 49.3 Å². The molecule has 7 nitrogen and oxygen atoms in total. The predicted octanol–water partition coefficient (Wildman–Crippen LogP) is 3.13. The van der Waals surface area contributed by atoms with Gasteiger partial charge in [0.15, 0.2) is 0 Å². The van der Waals surface area contributed by atoms with E-state index in [1.165, 1.54) is 0 Å². The van der Waals surface area contributed by atoms with Crippen molar-refractivity contribution in [2.45, 2.75) is 45.2 Å². The molecule has 0 saturated carbocycles. The second-order valence-corrected chi connectivity index (χ2v) is 8.11. The monoisotopic (exact) mass is 406 g/mol. The lowest BCUT2D eigenvalue weighted by molar-refractivity contribution is -0.119. The molecule has 2 aliphatic rings. The molecule has 0 radical (unpaired) electrons. The topological polar surface area (TPSA) is 73.8 Å². The lowest BCUT2D eigenvalue weighted by Gasteiger charge is -2.48. The maximum Gasteiger partial charge on any atom is 0.257 e. The summed E-state index contributed by atoms with van der Waals surface area (Å²) < 4.78 is 0. The molecule has 2 aliphatic heterocycles. The number of hydrogen-bond acceptors (Lipinski definition) is 4. The Hall–Kier alpha value is -3.22. The van der Waals surface area contributed by atoms with Gasteiger partial charge in [0.1, 0.15) is 11.5 Å². The largest absolute Gasteiger partial charge is 0.315 e. The van der Waals surface area contributed by atoms with Crippen molar-refractivity contribution in [3.63, 3.8) is 0 Å². The molecule has 3 amide bonds. The molecule has 1 saturated heterocycles. The Balaban J connectivity index is 1.49. The number of pyridine rings is 1. The van der Waals surface area contributed by atoms with Crippen LogP contribution in [-0.2, 0) is 9.59 Å². The van der Waals surface area contributed by atoms with Crippen LogP contribution in [0.3, 0.4) is 0 Å². The van der Waals surface area contributed by atoms with Gasteiger partial charge in [-0.1, -0.05) is 18.2 Å². The van der Waals surface area contributed by atoms with Crippen LogP contribution in [0, 0.1) is 6.92 Å². The number of anilines is 2. The van der Waals surface area contributed by atoms with E-state index in [2.05, 4.69) is 4.98 Å². The third-order valence-electron chi connectivity index (χ3n) is 6.11. The van der Waals surface area contributed by atoms with E-state index < -0.39 is 5.66 Å². The zero-order valence-corrected chi connectivity index (χ0v) is 17.6. The van der Waals surface area contributed by atoms with Crippen molar-refractivity contribution in [1.82, 2.24) is 9.88 Å². The number of para-hydroxylation sites is 1. The Morgan fingerprint density at radius 2 is 1.93 bits per heavy atom. The zero-order valence-electron chi connectivity index (χ0n) is 17.6. The molecule has 1 unspecified atom stereocenters. The van der Waals surface area contributed by atoms with Gasteiger partial charge in [0, 0.05) is 32.1 Å². The second kappa shape index (κ2) is 7.55. The molecule has 0 bridgehead atoms. The lowest BCUT2D eigenvalue weighted by Crippen LogP contribution is -2.62. The standard InChI is InChI=1S/C23H26N4O3/c1-16-8-6-11-19(24-16)25(3)20(28)12-7-15-26-22(30)17-9-4-5-10-18(17)27-21(29)13-14-23(26,27)2/h4-6,8-11H,7,12-15H2,1-3H3. The molecule has 1 fully saturated rings. The van der Waals surface area contributed by atoms with Gasteiger partial charge in [-0.25, -0.2) is 4.98 Å². The van der Waals surface area contributed by atoms with Gasteiger partial charge in [-0.2, -0.15) is 0 Å². The fourth-order valence-electron chi connectivity index (χ4n) is 4.44. The van der Waals surface area contributed by atoms with E-state index in [9.17, 15) is 14.4 Å². The first-order valence-corrected chi connectivity index (χ1v) is 10.3. The minimum absolute atomic E-state index is 0.0313. The van der Waals surface area contributed by atoms with Gasteiger partial charge in [-0.15, -0.1) is 0 Å². The fourth-order valence-corrected chi connectivity index (χ4v) is 4.44. The van der Waals surface area contributed by atoms with Crippen LogP contribution in [0.5, 0.6) is 0 Å². The normalized spacial score (nSPS) is 20.2. The summed E-state index contributed by atoms with van der Waals surface area (Å²) in [5.74, 6) is 0.508. The van der Waals surface area contributed by atoms with Crippen LogP contribution in [0.2, 0.25) is 0 Å². The van der Waals surface area contributed by atoms with Crippen LogP contribution in [0.15, 0.2) is 42.5 Å². The molecule has 1 aromatic carbocycles. The third-order valence-corrected chi connectivity index (χ3v) is 6.11. The summed E-state index contributed by atoms with van der Waals surface area (Å²) in [5.41, 5.74) is 1.39. The molecule has 0 N–H and O–H groups in total. The minimum Gasteiger partial charge on any atom is -0.315 e. The number of amides is 3. The Bertz CT molecular complexity index is 1020. The highest BCUT2D eigenvalue weighted by molar-refractivity contribution is 6.10. The Morgan fingerprint density at radius 1 is 1.17 bits per heavy atom. The van der Waals surface area contributed by atoms with Gasteiger partial charge in [0.25, 0.3) is 5.91 Å². The number of aryl methyl sites for hydroxylation is 1. The van der Waals surface area contributed by atoms with Gasteiger partial charge in [0.05, 0.1) is 11.3 Å². The van der Waals surface area contributed by atoms with Gasteiger partial charge in [-0.3, -0.25) is 24.2 Å². The van der Waals surface area contributed by atoms with E-state index in [1.807, 2.05) is 44.2 Å². The van der Waals surface area contributed by atoms with E-state index in [-0.39, 0.29) is 17.7 Å². The number of aromatic nitrogens is 1. The maximum atomic E-state index is 13.2. The Morgan fingerprint density at radius 3 is 2.70 bits per heavy atom. The van der Waals surface area contributed by atoms with Crippen LogP contribution >= 0.6 is 0 Å². The number of carbonyl (C=O) groups excluding carboxylic acids is 3. The van der Waals surface area contributed by atoms with Crippen molar-refractivity contribution in [3.8, 4) is 0 Å². The lowest BCUT2D eigenvalue weighted by atomic mass is 9.98. The molecule has 3 heterocycles. The summed E-state index contributed by atoms with van der Waals surface area (Å²) in [6.45, 7) is 4.24. The van der Waals surface area contributed by atoms with Crippen molar-refractivity contribution in [2.75, 3.05) is 23.4 Å². The van der Waals surface area contributed by atoms with E-state index in [0.717, 1.165) is 5.69 Å². The highest BCUT2D eigenvalue weighted by Crippen LogP contribution is 2.44. The number of carbonyl (C=O) groups is 3. The smallest absolute Gasteiger partial charge is 0.257 e. The molecule has 0 aliphatic carbocycles. The van der Waals surface area contributed by atoms with Crippen molar-refractivity contribution < 1.29 is 14.4 Å². The molecule has 4 rings (SSSR count). The van der Waals surface area contributed by atoms with Crippen molar-refractivity contribution in [1.29, 1.82) is 0 Å². The number of hydrogen-bond donors (Lipinski definition) is 0. The number of fused-ring (bicyclic) bond motifs is 3. The average Bonchev–Trinajstić information content (AvgIpc) is 3.05. The highest BCUT2D eigenvalue weighted by Gasteiger charge is 2.52. The Kier molecular flexibility index (Phi) is 5.05. The van der Waals surface area contributed by atoms with E-state index in [1.54, 1.807) is 33.9 Å². The summed E-state index contributed by atoms with van der Waals surface area (Å²) in [7, 11) is 1.71. The van der Waals surface area contributed by atoms with Crippen LogP contribution in [0.4, 0.5) is 11.5 Å². The average molecular weight is 406 g/mol. The maximum absolute atomic E-state index is 13.2.